The van der Waals surface area contributed by atoms with E-state index in [0.717, 1.165) is 12.8 Å². The van der Waals surface area contributed by atoms with Gasteiger partial charge in [0.05, 0.1) is 12.7 Å². The Morgan fingerprint density at radius 3 is 2.94 bits per heavy atom. The SMILES string of the molecule is COC(=O)c1cc(F)ccc1/C=C/CCCCl. The van der Waals surface area contributed by atoms with Crippen LogP contribution >= 0.6 is 11.6 Å². The maximum absolute atomic E-state index is 13.0. The summed E-state index contributed by atoms with van der Waals surface area (Å²) in [4.78, 5) is 11.4. The lowest BCUT2D eigenvalue weighted by molar-refractivity contribution is 0.0600. The molecule has 4 heteroatoms. The van der Waals surface area contributed by atoms with E-state index in [2.05, 4.69) is 4.74 Å². The maximum atomic E-state index is 13.0. The normalized spacial score (nSPS) is 10.8. The highest BCUT2D eigenvalue weighted by molar-refractivity contribution is 6.17. The van der Waals surface area contributed by atoms with E-state index < -0.39 is 11.8 Å². The second-order valence-corrected chi connectivity index (χ2v) is 3.83. The van der Waals surface area contributed by atoms with Crippen LogP contribution in [0.4, 0.5) is 4.39 Å². The van der Waals surface area contributed by atoms with E-state index in [1.165, 1.54) is 19.2 Å². The third-order valence-corrected chi connectivity index (χ3v) is 2.49. The molecule has 0 unspecified atom stereocenters. The molecule has 0 aromatic heterocycles. The number of unbranched alkanes of at least 4 members (excludes halogenated alkanes) is 1. The molecule has 0 spiro atoms. The topological polar surface area (TPSA) is 26.3 Å². The Labute approximate surface area is 105 Å². The molecule has 92 valence electrons. The Hall–Kier alpha value is -1.35. The molecule has 0 amide bonds. The van der Waals surface area contributed by atoms with Crippen molar-refractivity contribution >= 4 is 23.6 Å². The predicted octanol–water partition coefficient (Wildman–Crippen LogP) is 3.64. The Kier molecular flexibility index (Phi) is 5.70. The molecule has 1 rings (SSSR count). The van der Waals surface area contributed by atoms with Gasteiger partial charge in [-0.3, -0.25) is 0 Å². The molecule has 0 saturated carbocycles. The number of esters is 1. The van der Waals surface area contributed by atoms with Gasteiger partial charge in [-0.2, -0.15) is 0 Å². The Bertz CT molecular complexity index is 416. The van der Waals surface area contributed by atoms with Crippen LogP contribution in [0.3, 0.4) is 0 Å². The van der Waals surface area contributed by atoms with Crippen molar-refractivity contribution in [1.82, 2.24) is 0 Å². The molecule has 0 radical (unpaired) electrons. The minimum Gasteiger partial charge on any atom is -0.465 e. The largest absolute Gasteiger partial charge is 0.465 e. The van der Waals surface area contributed by atoms with Crippen LogP contribution in [0, 0.1) is 5.82 Å². The number of benzene rings is 1. The van der Waals surface area contributed by atoms with E-state index >= 15 is 0 Å². The van der Waals surface area contributed by atoms with Crippen LogP contribution in [-0.4, -0.2) is 19.0 Å². The second-order valence-electron chi connectivity index (χ2n) is 3.46. The molecule has 1 aromatic rings. The minimum absolute atomic E-state index is 0.231. The number of alkyl halides is 1. The molecule has 2 nitrogen and oxygen atoms in total. The van der Waals surface area contributed by atoms with Crippen molar-refractivity contribution in [2.45, 2.75) is 12.8 Å². The molecule has 17 heavy (non-hydrogen) atoms. The van der Waals surface area contributed by atoms with Crippen LogP contribution < -0.4 is 0 Å². The number of rotatable bonds is 5. The molecule has 0 N–H and O–H groups in total. The molecular weight excluding hydrogens is 243 g/mol. The van der Waals surface area contributed by atoms with Crippen molar-refractivity contribution in [3.63, 3.8) is 0 Å². The van der Waals surface area contributed by atoms with E-state index in [9.17, 15) is 9.18 Å². The zero-order valence-electron chi connectivity index (χ0n) is 9.58. The van der Waals surface area contributed by atoms with Crippen molar-refractivity contribution in [2.24, 2.45) is 0 Å². The fourth-order valence-corrected chi connectivity index (χ4v) is 1.52. The van der Waals surface area contributed by atoms with Crippen LogP contribution in [-0.2, 0) is 4.74 Å². The first-order chi connectivity index (χ1) is 8.19. The van der Waals surface area contributed by atoms with Gasteiger partial charge >= 0.3 is 5.97 Å². The van der Waals surface area contributed by atoms with E-state index in [0.29, 0.717) is 11.4 Å². The number of carbonyl (C=O) groups is 1. The van der Waals surface area contributed by atoms with Gasteiger partial charge < -0.3 is 4.74 Å². The zero-order valence-corrected chi connectivity index (χ0v) is 10.3. The summed E-state index contributed by atoms with van der Waals surface area (Å²) in [5, 5.41) is 0. The summed E-state index contributed by atoms with van der Waals surface area (Å²) in [6.07, 6.45) is 5.37. The van der Waals surface area contributed by atoms with Gasteiger partial charge in [0.25, 0.3) is 0 Å². The van der Waals surface area contributed by atoms with Crippen molar-refractivity contribution in [3.05, 3.63) is 41.2 Å². The highest BCUT2D eigenvalue weighted by Crippen LogP contribution is 2.15. The second kappa shape index (κ2) is 7.07. The summed E-state index contributed by atoms with van der Waals surface area (Å²) >= 11 is 5.55. The molecular formula is C13H14ClFO2. The van der Waals surface area contributed by atoms with Crippen molar-refractivity contribution in [3.8, 4) is 0 Å². The highest BCUT2D eigenvalue weighted by Gasteiger charge is 2.10. The zero-order chi connectivity index (χ0) is 12.7. The Balaban J connectivity index is 2.90. The molecule has 0 aliphatic carbocycles. The number of hydrogen-bond acceptors (Lipinski definition) is 2. The number of ether oxygens (including phenoxy) is 1. The fraction of sp³-hybridized carbons (Fsp3) is 0.308. The third kappa shape index (κ3) is 4.19. The summed E-state index contributed by atoms with van der Waals surface area (Å²) in [6, 6.07) is 4.04. The first kappa shape index (κ1) is 13.7. The summed E-state index contributed by atoms with van der Waals surface area (Å²) in [7, 11) is 1.27. The lowest BCUT2D eigenvalue weighted by Gasteiger charge is -2.04. The van der Waals surface area contributed by atoms with E-state index in [-0.39, 0.29) is 5.56 Å². The lowest BCUT2D eigenvalue weighted by atomic mass is 10.1. The molecule has 0 saturated heterocycles. The lowest BCUT2D eigenvalue weighted by Crippen LogP contribution is -2.04. The highest BCUT2D eigenvalue weighted by atomic mass is 35.5. The maximum Gasteiger partial charge on any atom is 0.338 e. The molecule has 0 fully saturated rings. The van der Waals surface area contributed by atoms with E-state index in [4.69, 9.17) is 11.6 Å². The number of halogens is 2. The minimum atomic E-state index is -0.540. The fourth-order valence-electron chi connectivity index (χ4n) is 1.37. The average Bonchev–Trinajstić information content (AvgIpc) is 2.35. The third-order valence-electron chi connectivity index (χ3n) is 2.22. The van der Waals surface area contributed by atoms with Gasteiger partial charge in [-0.15, -0.1) is 11.6 Å². The number of methoxy groups -OCH3 is 1. The van der Waals surface area contributed by atoms with Gasteiger partial charge in [0.15, 0.2) is 0 Å². The molecule has 0 bridgehead atoms. The van der Waals surface area contributed by atoms with Crippen LogP contribution in [0.15, 0.2) is 24.3 Å². The van der Waals surface area contributed by atoms with Gasteiger partial charge in [0.2, 0.25) is 0 Å². The Morgan fingerprint density at radius 1 is 1.53 bits per heavy atom. The van der Waals surface area contributed by atoms with Crippen LogP contribution in [0.5, 0.6) is 0 Å². The molecule has 1 aromatic carbocycles. The standard InChI is InChI=1S/C13H14ClFO2/c1-17-13(16)12-9-11(15)7-6-10(12)5-3-2-4-8-14/h3,5-7,9H,2,4,8H2,1H3/b5-3+. The number of carbonyl (C=O) groups excluding carboxylic acids is 1. The summed E-state index contributed by atoms with van der Waals surface area (Å²) in [5.41, 5.74) is 0.877. The summed E-state index contributed by atoms with van der Waals surface area (Å²) < 4.78 is 17.6. The van der Waals surface area contributed by atoms with Crippen molar-refractivity contribution in [2.75, 3.05) is 13.0 Å². The van der Waals surface area contributed by atoms with Gasteiger partial charge in [-0.25, -0.2) is 9.18 Å². The monoisotopic (exact) mass is 256 g/mol. The summed E-state index contributed by atoms with van der Waals surface area (Å²) in [6.45, 7) is 0. The molecule has 0 atom stereocenters. The van der Waals surface area contributed by atoms with Crippen LogP contribution in [0.1, 0.15) is 28.8 Å². The van der Waals surface area contributed by atoms with Gasteiger partial charge in [-0.1, -0.05) is 18.2 Å². The molecule has 0 aliphatic rings. The average molecular weight is 257 g/mol. The van der Waals surface area contributed by atoms with Gasteiger partial charge in [-0.05, 0) is 30.5 Å². The summed E-state index contributed by atoms with van der Waals surface area (Å²) in [5.74, 6) is -0.401. The first-order valence-corrected chi connectivity index (χ1v) is 5.83. The predicted molar refractivity (Wildman–Crippen MR) is 66.7 cm³/mol. The number of allylic oxidation sites excluding steroid dienone is 1. The van der Waals surface area contributed by atoms with Gasteiger partial charge in [0.1, 0.15) is 5.82 Å². The van der Waals surface area contributed by atoms with Crippen LogP contribution in [0.25, 0.3) is 6.08 Å². The van der Waals surface area contributed by atoms with Crippen molar-refractivity contribution in [1.29, 1.82) is 0 Å². The quantitative estimate of drug-likeness (QED) is 0.457. The van der Waals surface area contributed by atoms with Crippen molar-refractivity contribution < 1.29 is 13.9 Å². The van der Waals surface area contributed by atoms with E-state index in [1.54, 1.807) is 12.1 Å². The van der Waals surface area contributed by atoms with Crippen LogP contribution in [0.2, 0.25) is 0 Å². The molecule has 0 heterocycles. The molecule has 0 aliphatic heterocycles. The number of hydrogen-bond donors (Lipinski definition) is 0. The smallest absolute Gasteiger partial charge is 0.338 e. The Morgan fingerprint density at radius 2 is 2.29 bits per heavy atom. The van der Waals surface area contributed by atoms with E-state index in [1.807, 2.05) is 6.08 Å². The van der Waals surface area contributed by atoms with Gasteiger partial charge in [0, 0.05) is 5.88 Å². The first-order valence-electron chi connectivity index (χ1n) is 5.29.